The average molecular weight is 376 g/mol. The van der Waals surface area contributed by atoms with Gasteiger partial charge in [-0.2, -0.15) is 0 Å². The zero-order valence-electron chi connectivity index (χ0n) is 14.6. The SMILES string of the molecule is O=C(c1ccc2nccnc2c1)c1cc(F)cc(OCc2ccccc2)c1F. The van der Waals surface area contributed by atoms with Crippen LogP contribution in [0.4, 0.5) is 8.78 Å². The van der Waals surface area contributed by atoms with E-state index < -0.39 is 23.0 Å². The zero-order chi connectivity index (χ0) is 19.5. The first-order chi connectivity index (χ1) is 13.6. The third-order valence-corrected chi connectivity index (χ3v) is 4.22. The molecule has 0 amide bonds. The lowest BCUT2D eigenvalue weighted by molar-refractivity contribution is 0.103. The number of carbonyl (C=O) groups excluding carboxylic acids is 1. The summed E-state index contributed by atoms with van der Waals surface area (Å²) in [5.74, 6) is -2.63. The maximum absolute atomic E-state index is 14.9. The molecule has 3 aromatic carbocycles. The van der Waals surface area contributed by atoms with Crippen molar-refractivity contribution in [1.82, 2.24) is 9.97 Å². The molecule has 4 aromatic rings. The summed E-state index contributed by atoms with van der Waals surface area (Å²) in [4.78, 5) is 21.0. The van der Waals surface area contributed by atoms with Crippen molar-refractivity contribution in [3.8, 4) is 5.75 Å². The molecular weight excluding hydrogens is 362 g/mol. The number of benzene rings is 3. The molecule has 0 saturated carbocycles. The van der Waals surface area contributed by atoms with Gasteiger partial charge in [-0.3, -0.25) is 14.8 Å². The van der Waals surface area contributed by atoms with Crippen LogP contribution in [0.25, 0.3) is 11.0 Å². The minimum atomic E-state index is -0.901. The van der Waals surface area contributed by atoms with Crippen molar-refractivity contribution in [3.63, 3.8) is 0 Å². The Hall–Kier alpha value is -3.67. The fourth-order valence-corrected chi connectivity index (χ4v) is 2.83. The number of aromatic nitrogens is 2. The summed E-state index contributed by atoms with van der Waals surface area (Å²) in [5, 5.41) is 0. The van der Waals surface area contributed by atoms with Gasteiger partial charge in [0.2, 0.25) is 0 Å². The van der Waals surface area contributed by atoms with Crippen molar-refractivity contribution < 1.29 is 18.3 Å². The lowest BCUT2D eigenvalue weighted by Crippen LogP contribution is -2.08. The topological polar surface area (TPSA) is 52.1 Å². The van der Waals surface area contributed by atoms with Crippen molar-refractivity contribution >= 4 is 16.8 Å². The number of halogens is 2. The number of fused-ring (bicyclic) bond motifs is 1. The van der Waals surface area contributed by atoms with Gasteiger partial charge in [0.05, 0.1) is 16.6 Å². The number of ether oxygens (including phenoxy) is 1. The maximum atomic E-state index is 14.9. The summed E-state index contributed by atoms with van der Waals surface area (Å²) in [5.41, 5.74) is 1.68. The van der Waals surface area contributed by atoms with E-state index in [0.29, 0.717) is 11.0 Å². The Balaban J connectivity index is 1.66. The van der Waals surface area contributed by atoms with E-state index in [4.69, 9.17) is 4.74 Å². The van der Waals surface area contributed by atoms with Gasteiger partial charge in [0.15, 0.2) is 17.3 Å². The van der Waals surface area contributed by atoms with Gasteiger partial charge in [0.25, 0.3) is 0 Å². The highest BCUT2D eigenvalue weighted by molar-refractivity contribution is 6.10. The minimum Gasteiger partial charge on any atom is -0.486 e. The quantitative estimate of drug-likeness (QED) is 0.473. The number of ketones is 1. The van der Waals surface area contributed by atoms with Crippen molar-refractivity contribution in [2.24, 2.45) is 0 Å². The second-order valence-corrected chi connectivity index (χ2v) is 6.13. The van der Waals surface area contributed by atoms with Gasteiger partial charge in [-0.05, 0) is 29.8 Å². The lowest BCUT2D eigenvalue weighted by Gasteiger charge is -2.11. The number of carbonyl (C=O) groups is 1. The van der Waals surface area contributed by atoms with Crippen LogP contribution < -0.4 is 4.74 Å². The third kappa shape index (κ3) is 3.57. The smallest absolute Gasteiger partial charge is 0.196 e. The van der Waals surface area contributed by atoms with E-state index in [1.165, 1.54) is 24.5 Å². The van der Waals surface area contributed by atoms with E-state index >= 15 is 0 Å². The highest BCUT2D eigenvalue weighted by atomic mass is 19.1. The third-order valence-electron chi connectivity index (χ3n) is 4.22. The average Bonchev–Trinajstić information content (AvgIpc) is 2.74. The number of hydrogen-bond acceptors (Lipinski definition) is 4. The fourth-order valence-electron chi connectivity index (χ4n) is 2.83. The van der Waals surface area contributed by atoms with E-state index in [0.717, 1.165) is 17.7 Å². The zero-order valence-corrected chi connectivity index (χ0v) is 14.6. The Bertz CT molecular complexity index is 1160. The van der Waals surface area contributed by atoms with Gasteiger partial charge < -0.3 is 4.74 Å². The molecule has 4 nitrogen and oxygen atoms in total. The van der Waals surface area contributed by atoms with Gasteiger partial charge in [-0.25, -0.2) is 8.78 Å². The first kappa shape index (κ1) is 17.7. The van der Waals surface area contributed by atoms with Crippen LogP contribution in [0.2, 0.25) is 0 Å². The van der Waals surface area contributed by atoms with Gasteiger partial charge in [0.1, 0.15) is 12.4 Å². The maximum Gasteiger partial charge on any atom is 0.196 e. The molecule has 6 heteroatoms. The highest BCUT2D eigenvalue weighted by Crippen LogP contribution is 2.26. The molecule has 4 rings (SSSR count). The molecular formula is C22H14F2N2O2. The van der Waals surface area contributed by atoms with E-state index in [9.17, 15) is 13.6 Å². The molecule has 28 heavy (non-hydrogen) atoms. The predicted molar refractivity (Wildman–Crippen MR) is 100 cm³/mol. The van der Waals surface area contributed by atoms with Crippen molar-refractivity contribution in [3.05, 3.63) is 101 Å². The van der Waals surface area contributed by atoms with Gasteiger partial charge in [0, 0.05) is 24.0 Å². The standard InChI is InChI=1S/C22H14F2N2O2/c23-16-11-17(21(24)20(12-16)28-13-14-4-2-1-3-5-14)22(27)15-6-7-18-19(10-15)26-9-8-25-18/h1-12H,13H2. The van der Waals surface area contributed by atoms with Crippen molar-refractivity contribution in [1.29, 1.82) is 0 Å². The molecule has 0 atom stereocenters. The Morgan fingerprint density at radius 3 is 2.43 bits per heavy atom. The summed E-state index contributed by atoms with van der Waals surface area (Å²) < 4.78 is 34.3. The Kier molecular flexibility index (Phi) is 4.76. The monoisotopic (exact) mass is 376 g/mol. The molecule has 0 bridgehead atoms. The van der Waals surface area contributed by atoms with Gasteiger partial charge in [-0.1, -0.05) is 30.3 Å². The number of hydrogen-bond donors (Lipinski definition) is 0. The fraction of sp³-hybridized carbons (Fsp3) is 0.0455. The Labute approximate surface area is 159 Å². The van der Waals surface area contributed by atoms with Crippen LogP contribution in [0.3, 0.4) is 0 Å². The molecule has 0 radical (unpaired) electrons. The molecule has 0 fully saturated rings. The molecule has 0 aliphatic carbocycles. The summed E-state index contributed by atoms with van der Waals surface area (Å²) in [6.07, 6.45) is 3.03. The molecule has 1 heterocycles. The first-order valence-electron chi connectivity index (χ1n) is 8.53. The second-order valence-electron chi connectivity index (χ2n) is 6.13. The first-order valence-corrected chi connectivity index (χ1v) is 8.53. The lowest BCUT2D eigenvalue weighted by atomic mass is 10.0. The molecule has 1 aromatic heterocycles. The van der Waals surface area contributed by atoms with Crippen LogP contribution in [0.15, 0.2) is 73.1 Å². The largest absolute Gasteiger partial charge is 0.486 e. The molecule has 0 unspecified atom stereocenters. The Morgan fingerprint density at radius 1 is 0.893 bits per heavy atom. The van der Waals surface area contributed by atoms with Crippen LogP contribution in [0, 0.1) is 11.6 Å². The van der Waals surface area contributed by atoms with Crippen LogP contribution in [-0.4, -0.2) is 15.8 Å². The van der Waals surface area contributed by atoms with Crippen LogP contribution in [-0.2, 0) is 6.61 Å². The summed E-state index contributed by atoms with van der Waals surface area (Å²) in [6, 6.07) is 15.5. The second kappa shape index (κ2) is 7.52. The summed E-state index contributed by atoms with van der Waals surface area (Å²) >= 11 is 0. The molecule has 0 aliphatic rings. The van der Waals surface area contributed by atoms with Crippen LogP contribution in [0.1, 0.15) is 21.5 Å². The summed E-state index contributed by atoms with van der Waals surface area (Å²) in [7, 11) is 0. The van der Waals surface area contributed by atoms with E-state index in [-0.39, 0.29) is 17.9 Å². The number of nitrogens with zero attached hydrogens (tertiary/aromatic N) is 2. The van der Waals surface area contributed by atoms with Gasteiger partial charge in [-0.15, -0.1) is 0 Å². The van der Waals surface area contributed by atoms with Gasteiger partial charge >= 0.3 is 0 Å². The summed E-state index contributed by atoms with van der Waals surface area (Å²) in [6.45, 7) is 0.0560. The predicted octanol–water partition coefficient (Wildman–Crippen LogP) is 4.72. The normalized spacial score (nSPS) is 10.8. The molecule has 0 aliphatic heterocycles. The van der Waals surface area contributed by atoms with Crippen LogP contribution >= 0.6 is 0 Å². The van der Waals surface area contributed by atoms with Crippen molar-refractivity contribution in [2.75, 3.05) is 0 Å². The minimum absolute atomic E-state index is 0.0560. The number of rotatable bonds is 5. The highest BCUT2D eigenvalue weighted by Gasteiger charge is 2.20. The molecule has 0 spiro atoms. The van der Waals surface area contributed by atoms with Crippen molar-refractivity contribution in [2.45, 2.75) is 6.61 Å². The van der Waals surface area contributed by atoms with E-state index in [2.05, 4.69) is 9.97 Å². The van der Waals surface area contributed by atoms with E-state index in [1.807, 2.05) is 18.2 Å². The van der Waals surface area contributed by atoms with E-state index in [1.54, 1.807) is 18.2 Å². The Morgan fingerprint density at radius 2 is 1.64 bits per heavy atom. The molecule has 0 saturated heterocycles. The molecule has 138 valence electrons. The molecule has 0 N–H and O–H groups in total. The van der Waals surface area contributed by atoms with Crippen LogP contribution in [0.5, 0.6) is 5.75 Å².